The Labute approximate surface area is 102 Å². The van der Waals surface area contributed by atoms with E-state index in [4.69, 9.17) is 0 Å². The summed E-state index contributed by atoms with van der Waals surface area (Å²) >= 11 is 1.17. The van der Waals surface area contributed by atoms with E-state index in [2.05, 4.69) is 0 Å². The normalized spacial score (nSPS) is 15.2. The number of hydrogen-bond acceptors (Lipinski definition) is 3. The summed E-state index contributed by atoms with van der Waals surface area (Å²) in [5.74, 6) is -0.710. The molecule has 0 spiro atoms. The van der Waals surface area contributed by atoms with E-state index in [9.17, 15) is 14.7 Å². The SMILES string of the molecule is CC(=O)SC(C(C)C)C(CC(C)C)C(=O)O. The number of hydrogen-bond donors (Lipinski definition) is 1. The van der Waals surface area contributed by atoms with Crippen molar-refractivity contribution < 1.29 is 14.7 Å². The van der Waals surface area contributed by atoms with Crippen LogP contribution in [0.3, 0.4) is 0 Å². The number of rotatable bonds is 6. The monoisotopic (exact) mass is 246 g/mol. The van der Waals surface area contributed by atoms with Crippen molar-refractivity contribution in [1.82, 2.24) is 0 Å². The Balaban J connectivity index is 4.79. The Morgan fingerprint density at radius 2 is 1.69 bits per heavy atom. The average Bonchev–Trinajstić information content (AvgIpc) is 2.09. The summed E-state index contributed by atoms with van der Waals surface area (Å²) in [5, 5.41) is 9.10. The number of thioether (sulfide) groups is 1. The van der Waals surface area contributed by atoms with E-state index in [1.165, 1.54) is 18.7 Å². The summed E-state index contributed by atoms with van der Waals surface area (Å²) in [6, 6.07) is 0. The van der Waals surface area contributed by atoms with Gasteiger partial charge in [0.25, 0.3) is 0 Å². The molecule has 0 saturated heterocycles. The molecule has 0 aliphatic rings. The van der Waals surface area contributed by atoms with Crippen molar-refractivity contribution in [2.24, 2.45) is 17.8 Å². The van der Waals surface area contributed by atoms with Crippen LogP contribution in [0.2, 0.25) is 0 Å². The fraction of sp³-hybridized carbons (Fsp3) is 0.833. The van der Waals surface area contributed by atoms with Crippen LogP contribution in [-0.2, 0) is 9.59 Å². The maximum absolute atomic E-state index is 11.2. The first kappa shape index (κ1) is 15.5. The highest BCUT2D eigenvalue weighted by atomic mass is 32.2. The predicted octanol–water partition coefficient (Wildman–Crippen LogP) is 3.04. The Morgan fingerprint density at radius 3 is 1.94 bits per heavy atom. The van der Waals surface area contributed by atoms with Gasteiger partial charge >= 0.3 is 5.97 Å². The molecule has 1 N–H and O–H groups in total. The lowest BCUT2D eigenvalue weighted by molar-refractivity contribution is -0.142. The Hall–Kier alpha value is -0.510. The van der Waals surface area contributed by atoms with Gasteiger partial charge in [0.2, 0.25) is 0 Å². The third-order valence-corrected chi connectivity index (χ3v) is 3.88. The quantitative estimate of drug-likeness (QED) is 0.782. The summed E-state index contributed by atoms with van der Waals surface area (Å²) in [6.45, 7) is 9.44. The molecule has 0 aliphatic carbocycles. The molecular weight excluding hydrogens is 224 g/mol. The van der Waals surface area contributed by atoms with Crippen LogP contribution < -0.4 is 0 Å². The maximum atomic E-state index is 11.2. The molecule has 16 heavy (non-hydrogen) atoms. The van der Waals surface area contributed by atoms with Gasteiger partial charge in [-0.1, -0.05) is 39.5 Å². The minimum atomic E-state index is -0.791. The van der Waals surface area contributed by atoms with Crippen LogP contribution in [0.1, 0.15) is 41.0 Å². The van der Waals surface area contributed by atoms with E-state index in [1.807, 2.05) is 27.7 Å². The van der Waals surface area contributed by atoms with E-state index < -0.39 is 11.9 Å². The van der Waals surface area contributed by atoms with Crippen LogP contribution in [0.4, 0.5) is 0 Å². The molecule has 0 heterocycles. The van der Waals surface area contributed by atoms with Crippen molar-refractivity contribution in [2.45, 2.75) is 46.3 Å². The lowest BCUT2D eigenvalue weighted by Crippen LogP contribution is -2.32. The number of aliphatic carboxylic acids is 1. The van der Waals surface area contributed by atoms with Gasteiger partial charge < -0.3 is 5.11 Å². The molecule has 4 heteroatoms. The third kappa shape index (κ3) is 5.54. The van der Waals surface area contributed by atoms with Gasteiger partial charge in [-0.15, -0.1) is 0 Å². The van der Waals surface area contributed by atoms with Gasteiger partial charge in [-0.05, 0) is 18.3 Å². The standard InChI is InChI=1S/C12H22O3S/c1-7(2)6-10(12(14)15)11(8(3)4)16-9(5)13/h7-8,10-11H,6H2,1-5H3,(H,14,15). The van der Waals surface area contributed by atoms with Gasteiger partial charge in [-0.25, -0.2) is 0 Å². The van der Waals surface area contributed by atoms with Crippen molar-refractivity contribution in [1.29, 1.82) is 0 Å². The minimum absolute atomic E-state index is 0.00583. The molecule has 2 unspecified atom stereocenters. The molecule has 3 nitrogen and oxygen atoms in total. The zero-order valence-corrected chi connectivity index (χ0v) is 11.5. The zero-order valence-electron chi connectivity index (χ0n) is 10.7. The van der Waals surface area contributed by atoms with E-state index in [0.717, 1.165) is 0 Å². The first-order valence-corrected chi connectivity index (χ1v) is 6.53. The first-order valence-electron chi connectivity index (χ1n) is 5.65. The van der Waals surface area contributed by atoms with E-state index >= 15 is 0 Å². The Morgan fingerprint density at radius 1 is 1.19 bits per heavy atom. The molecule has 0 fully saturated rings. The first-order chi connectivity index (χ1) is 7.25. The van der Waals surface area contributed by atoms with Crippen molar-refractivity contribution in [3.63, 3.8) is 0 Å². The fourth-order valence-corrected chi connectivity index (χ4v) is 2.81. The highest BCUT2D eigenvalue weighted by Crippen LogP contribution is 2.31. The van der Waals surface area contributed by atoms with Gasteiger partial charge in [0.1, 0.15) is 0 Å². The second kappa shape index (κ2) is 6.94. The highest BCUT2D eigenvalue weighted by molar-refractivity contribution is 8.14. The maximum Gasteiger partial charge on any atom is 0.307 e. The van der Waals surface area contributed by atoms with Gasteiger partial charge in [0.05, 0.1) is 5.92 Å². The highest BCUT2D eigenvalue weighted by Gasteiger charge is 2.32. The summed E-state index contributed by atoms with van der Waals surface area (Å²) in [5.41, 5.74) is 0. The van der Waals surface area contributed by atoms with Gasteiger partial charge in [0, 0.05) is 12.2 Å². The largest absolute Gasteiger partial charge is 0.481 e. The number of carbonyl (C=O) groups is 2. The summed E-state index contributed by atoms with van der Waals surface area (Å²) in [4.78, 5) is 22.4. The summed E-state index contributed by atoms with van der Waals surface area (Å²) < 4.78 is 0. The van der Waals surface area contributed by atoms with Crippen molar-refractivity contribution in [3.8, 4) is 0 Å². The minimum Gasteiger partial charge on any atom is -0.481 e. The zero-order chi connectivity index (χ0) is 12.9. The third-order valence-electron chi connectivity index (χ3n) is 2.40. The smallest absolute Gasteiger partial charge is 0.307 e. The Bertz CT molecular complexity index is 249. The van der Waals surface area contributed by atoms with Crippen LogP contribution in [0, 0.1) is 17.8 Å². The molecule has 0 aromatic rings. The number of carboxylic acid groups (broad SMARTS) is 1. The molecule has 0 aromatic heterocycles. The van der Waals surface area contributed by atoms with E-state index in [1.54, 1.807) is 0 Å². The molecule has 2 atom stereocenters. The van der Waals surface area contributed by atoms with E-state index in [-0.39, 0.29) is 16.3 Å². The molecule has 0 saturated carbocycles. The van der Waals surface area contributed by atoms with Gasteiger partial charge in [-0.2, -0.15) is 0 Å². The molecular formula is C12H22O3S. The average molecular weight is 246 g/mol. The Kier molecular flexibility index (Phi) is 6.72. The summed E-state index contributed by atoms with van der Waals surface area (Å²) in [7, 11) is 0. The van der Waals surface area contributed by atoms with Crippen molar-refractivity contribution in [3.05, 3.63) is 0 Å². The molecule has 0 rings (SSSR count). The summed E-state index contributed by atoms with van der Waals surface area (Å²) in [6.07, 6.45) is 0.623. The van der Waals surface area contributed by atoms with Gasteiger partial charge in [0.15, 0.2) is 5.12 Å². The van der Waals surface area contributed by atoms with Gasteiger partial charge in [-0.3, -0.25) is 9.59 Å². The van der Waals surface area contributed by atoms with Crippen LogP contribution in [0.5, 0.6) is 0 Å². The van der Waals surface area contributed by atoms with E-state index in [0.29, 0.717) is 12.3 Å². The molecule has 0 aliphatic heterocycles. The molecule has 0 radical (unpaired) electrons. The topological polar surface area (TPSA) is 54.4 Å². The van der Waals surface area contributed by atoms with Crippen LogP contribution in [-0.4, -0.2) is 21.4 Å². The van der Waals surface area contributed by atoms with Crippen molar-refractivity contribution >= 4 is 22.8 Å². The van der Waals surface area contributed by atoms with Crippen LogP contribution in [0.25, 0.3) is 0 Å². The number of carboxylic acids is 1. The lowest BCUT2D eigenvalue weighted by Gasteiger charge is -2.26. The van der Waals surface area contributed by atoms with Crippen LogP contribution in [0.15, 0.2) is 0 Å². The molecule has 0 amide bonds. The molecule has 94 valence electrons. The predicted molar refractivity (Wildman–Crippen MR) is 67.5 cm³/mol. The second-order valence-corrected chi connectivity index (χ2v) is 6.25. The van der Waals surface area contributed by atoms with Crippen molar-refractivity contribution in [2.75, 3.05) is 0 Å². The number of carbonyl (C=O) groups excluding carboxylic acids is 1. The molecule has 0 bridgehead atoms. The van der Waals surface area contributed by atoms with Crippen LogP contribution >= 0.6 is 11.8 Å². The second-order valence-electron chi connectivity index (χ2n) is 4.89. The fourth-order valence-electron chi connectivity index (χ4n) is 1.76. The lowest BCUT2D eigenvalue weighted by atomic mass is 9.89. The molecule has 0 aromatic carbocycles.